The first-order valence-electron chi connectivity index (χ1n) is 7.01. The lowest BCUT2D eigenvalue weighted by Crippen LogP contribution is -2.36. The van der Waals surface area contributed by atoms with Crippen molar-refractivity contribution in [1.29, 1.82) is 0 Å². The lowest BCUT2D eigenvalue weighted by atomic mass is 9.83. The van der Waals surface area contributed by atoms with E-state index in [1.165, 1.54) is 38.5 Å². The smallest absolute Gasteiger partial charge is 0.122 e. The minimum atomic E-state index is 0.673. The second kappa shape index (κ2) is 6.20. The average molecular weight is 235 g/mol. The molecule has 1 aliphatic carbocycles. The average Bonchev–Trinajstić information content (AvgIpc) is 2.77. The largest absolute Gasteiger partial charge is 0.337 e. The standard InChI is InChI=1S/C14H25N3/c1-3-13(12-7-5-4-6-8-12)16-11-14-15-9-10-17(14)2/h9-10,12-13,16H,3-8,11H2,1-2H3. The Morgan fingerprint density at radius 2 is 2.18 bits per heavy atom. The van der Waals surface area contributed by atoms with Crippen molar-refractivity contribution in [2.45, 2.75) is 58.0 Å². The van der Waals surface area contributed by atoms with Crippen LogP contribution in [0.4, 0.5) is 0 Å². The predicted octanol–water partition coefficient (Wildman–Crippen LogP) is 2.87. The van der Waals surface area contributed by atoms with E-state index < -0.39 is 0 Å². The van der Waals surface area contributed by atoms with Gasteiger partial charge in [0.15, 0.2) is 0 Å². The van der Waals surface area contributed by atoms with Crippen LogP contribution in [0.1, 0.15) is 51.3 Å². The summed E-state index contributed by atoms with van der Waals surface area (Å²) in [7, 11) is 2.06. The normalized spacial score (nSPS) is 19.4. The van der Waals surface area contributed by atoms with E-state index in [2.05, 4.69) is 28.8 Å². The predicted molar refractivity (Wildman–Crippen MR) is 70.7 cm³/mol. The molecular formula is C14H25N3. The molecule has 0 aliphatic heterocycles. The third kappa shape index (κ3) is 3.32. The molecule has 1 aliphatic rings. The zero-order chi connectivity index (χ0) is 12.1. The van der Waals surface area contributed by atoms with Gasteiger partial charge in [-0.2, -0.15) is 0 Å². The first-order chi connectivity index (χ1) is 8.31. The fraction of sp³-hybridized carbons (Fsp3) is 0.786. The van der Waals surface area contributed by atoms with E-state index in [-0.39, 0.29) is 0 Å². The Kier molecular flexibility index (Phi) is 4.60. The third-order valence-electron chi connectivity index (χ3n) is 4.10. The summed E-state index contributed by atoms with van der Waals surface area (Å²) in [5.41, 5.74) is 0. The van der Waals surface area contributed by atoms with Crippen LogP contribution in [-0.2, 0) is 13.6 Å². The minimum Gasteiger partial charge on any atom is -0.337 e. The monoisotopic (exact) mass is 235 g/mol. The molecule has 1 unspecified atom stereocenters. The molecule has 1 heterocycles. The van der Waals surface area contributed by atoms with Crippen LogP contribution in [0, 0.1) is 5.92 Å². The van der Waals surface area contributed by atoms with E-state index >= 15 is 0 Å². The summed E-state index contributed by atoms with van der Waals surface area (Å²) in [6.07, 6.45) is 12.2. The van der Waals surface area contributed by atoms with E-state index in [0.29, 0.717) is 6.04 Å². The van der Waals surface area contributed by atoms with Crippen LogP contribution < -0.4 is 5.32 Å². The number of aryl methyl sites for hydroxylation is 1. The van der Waals surface area contributed by atoms with Crippen molar-refractivity contribution in [1.82, 2.24) is 14.9 Å². The molecule has 1 fully saturated rings. The highest BCUT2D eigenvalue weighted by molar-refractivity contribution is 4.91. The Labute approximate surface area is 105 Å². The first kappa shape index (κ1) is 12.6. The molecule has 0 amide bonds. The van der Waals surface area contributed by atoms with Gasteiger partial charge in [0.2, 0.25) is 0 Å². The van der Waals surface area contributed by atoms with Gasteiger partial charge in [0.25, 0.3) is 0 Å². The topological polar surface area (TPSA) is 29.9 Å². The summed E-state index contributed by atoms with van der Waals surface area (Å²) in [4.78, 5) is 4.37. The fourth-order valence-electron chi connectivity index (χ4n) is 2.97. The summed E-state index contributed by atoms with van der Waals surface area (Å²) in [6.45, 7) is 3.20. The molecule has 0 saturated heterocycles. The van der Waals surface area contributed by atoms with Gasteiger partial charge < -0.3 is 9.88 Å². The van der Waals surface area contributed by atoms with Gasteiger partial charge in [-0.1, -0.05) is 26.2 Å². The minimum absolute atomic E-state index is 0.673. The highest BCUT2D eigenvalue weighted by Gasteiger charge is 2.21. The summed E-state index contributed by atoms with van der Waals surface area (Å²) >= 11 is 0. The van der Waals surface area contributed by atoms with Gasteiger partial charge in [-0.25, -0.2) is 4.98 Å². The quantitative estimate of drug-likeness (QED) is 0.850. The Morgan fingerprint density at radius 1 is 1.41 bits per heavy atom. The van der Waals surface area contributed by atoms with Crippen LogP contribution in [-0.4, -0.2) is 15.6 Å². The van der Waals surface area contributed by atoms with Crippen LogP contribution in [0.3, 0.4) is 0 Å². The second-order valence-corrected chi connectivity index (χ2v) is 5.25. The number of nitrogens with zero attached hydrogens (tertiary/aromatic N) is 2. The lowest BCUT2D eigenvalue weighted by Gasteiger charge is -2.30. The van der Waals surface area contributed by atoms with E-state index in [0.717, 1.165) is 18.3 Å². The van der Waals surface area contributed by atoms with Gasteiger partial charge >= 0.3 is 0 Å². The van der Waals surface area contributed by atoms with E-state index in [1.54, 1.807) is 0 Å². The van der Waals surface area contributed by atoms with Crippen molar-refractivity contribution in [3.05, 3.63) is 18.2 Å². The van der Waals surface area contributed by atoms with Crippen LogP contribution in [0.5, 0.6) is 0 Å². The van der Waals surface area contributed by atoms with E-state index in [4.69, 9.17) is 0 Å². The van der Waals surface area contributed by atoms with Crippen LogP contribution >= 0.6 is 0 Å². The van der Waals surface area contributed by atoms with Gasteiger partial charge in [0.05, 0.1) is 6.54 Å². The molecule has 1 aromatic heterocycles. The van der Waals surface area contributed by atoms with Gasteiger partial charge in [0, 0.05) is 25.5 Å². The molecule has 0 bridgehead atoms. The van der Waals surface area contributed by atoms with Gasteiger partial charge in [-0.05, 0) is 25.2 Å². The van der Waals surface area contributed by atoms with Crippen molar-refractivity contribution in [2.75, 3.05) is 0 Å². The highest BCUT2D eigenvalue weighted by atomic mass is 15.1. The van der Waals surface area contributed by atoms with Gasteiger partial charge in [0.1, 0.15) is 5.82 Å². The van der Waals surface area contributed by atoms with E-state index in [1.807, 2.05) is 12.4 Å². The van der Waals surface area contributed by atoms with Crippen LogP contribution in [0.25, 0.3) is 0 Å². The SMILES string of the molecule is CCC(NCc1nccn1C)C1CCCCC1. The van der Waals surface area contributed by atoms with E-state index in [9.17, 15) is 0 Å². The molecule has 1 aromatic rings. The molecule has 96 valence electrons. The number of imidazole rings is 1. The zero-order valence-corrected chi connectivity index (χ0v) is 11.2. The molecule has 2 rings (SSSR count). The van der Waals surface area contributed by atoms with Crippen molar-refractivity contribution in [3.63, 3.8) is 0 Å². The number of hydrogen-bond acceptors (Lipinski definition) is 2. The summed E-state index contributed by atoms with van der Waals surface area (Å²) in [6, 6.07) is 0.673. The Hall–Kier alpha value is -0.830. The summed E-state index contributed by atoms with van der Waals surface area (Å²) in [5, 5.41) is 3.70. The first-order valence-corrected chi connectivity index (χ1v) is 7.01. The van der Waals surface area contributed by atoms with Gasteiger partial charge in [-0.3, -0.25) is 0 Å². The van der Waals surface area contributed by atoms with Crippen LogP contribution in [0.15, 0.2) is 12.4 Å². The van der Waals surface area contributed by atoms with Crippen molar-refractivity contribution in [2.24, 2.45) is 13.0 Å². The van der Waals surface area contributed by atoms with Gasteiger partial charge in [-0.15, -0.1) is 0 Å². The molecule has 1 N–H and O–H groups in total. The Balaban J connectivity index is 1.84. The number of nitrogens with one attached hydrogen (secondary N) is 1. The third-order valence-corrected chi connectivity index (χ3v) is 4.10. The molecule has 17 heavy (non-hydrogen) atoms. The molecular weight excluding hydrogens is 210 g/mol. The number of aromatic nitrogens is 2. The molecule has 0 spiro atoms. The zero-order valence-electron chi connectivity index (χ0n) is 11.2. The molecule has 3 nitrogen and oxygen atoms in total. The number of hydrogen-bond donors (Lipinski definition) is 1. The summed E-state index contributed by atoms with van der Waals surface area (Å²) < 4.78 is 2.10. The summed E-state index contributed by atoms with van der Waals surface area (Å²) in [5.74, 6) is 2.02. The molecule has 0 aromatic carbocycles. The second-order valence-electron chi connectivity index (χ2n) is 5.25. The van der Waals surface area contributed by atoms with Crippen molar-refractivity contribution in [3.8, 4) is 0 Å². The molecule has 3 heteroatoms. The Bertz CT molecular complexity index is 326. The fourth-order valence-corrected chi connectivity index (χ4v) is 2.97. The van der Waals surface area contributed by atoms with Crippen LogP contribution in [0.2, 0.25) is 0 Å². The number of rotatable bonds is 5. The highest BCUT2D eigenvalue weighted by Crippen LogP contribution is 2.27. The molecule has 0 radical (unpaired) electrons. The molecule has 1 saturated carbocycles. The Morgan fingerprint density at radius 3 is 2.76 bits per heavy atom. The maximum absolute atomic E-state index is 4.37. The molecule has 1 atom stereocenters. The van der Waals surface area contributed by atoms with Crippen molar-refractivity contribution >= 4 is 0 Å². The maximum atomic E-state index is 4.37. The maximum Gasteiger partial charge on any atom is 0.122 e. The lowest BCUT2D eigenvalue weighted by molar-refractivity contribution is 0.260. The van der Waals surface area contributed by atoms with Crippen molar-refractivity contribution < 1.29 is 0 Å².